The van der Waals surface area contributed by atoms with Crippen LogP contribution in [0, 0.1) is 0 Å². The van der Waals surface area contributed by atoms with E-state index in [4.69, 9.17) is 15.2 Å². The molecule has 0 atom stereocenters. The zero-order chi connectivity index (χ0) is 15.0. The number of nitrogens with two attached hydrogens (primary N) is 1. The second-order valence-electron chi connectivity index (χ2n) is 4.77. The normalized spacial score (nSPS) is 11.0. The standard InChI is InChI=1S/C13H24N4O3/c1-9(2)11-10(14)12(17-16-11)13(18)15-5-4-6-20-8-7-19-3/h9H,4-8,14H2,1-3H3,(H,15,18)(H,16,17). The third-order valence-electron chi connectivity index (χ3n) is 2.81. The van der Waals surface area contributed by atoms with Gasteiger partial charge in [-0.15, -0.1) is 0 Å². The molecule has 0 fully saturated rings. The predicted molar refractivity (Wildman–Crippen MR) is 76.7 cm³/mol. The number of methoxy groups -OCH3 is 1. The van der Waals surface area contributed by atoms with Crippen LogP contribution >= 0.6 is 0 Å². The third-order valence-corrected chi connectivity index (χ3v) is 2.81. The van der Waals surface area contributed by atoms with Crippen molar-refractivity contribution in [3.05, 3.63) is 11.4 Å². The minimum absolute atomic E-state index is 0.207. The Bertz CT molecular complexity index is 418. The maximum absolute atomic E-state index is 11.9. The minimum Gasteiger partial charge on any atom is -0.395 e. The van der Waals surface area contributed by atoms with Gasteiger partial charge in [-0.05, 0) is 12.3 Å². The molecular weight excluding hydrogens is 260 g/mol. The van der Waals surface area contributed by atoms with E-state index in [1.54, 1.807) is 7.11 Å². The fraction of sp³-hybridized carbons (Fsp3) is 0.692. The molecule has 1 heterocycles. The number of carbonyl (C=O) groups excluding carboxylic acids is 1. The molecule has 0 unspecified atom stereocenters. The van der Waals surface area contributed by atoms with E-state index in [2.05, 4.69) is 15.5 Å². The molecule has 20 heavy (non-hydrogen) atoms. The summed E-state index contributed by atoms with van der Waals surface area (Å²) in [6, 6.07) is 0. The lowest BCUT2D eigenvalue weighted by atomic mass is 10.1. The molecule has 0 aliphatic heterocycles. The van der Waals surface area contributed by atoms with Crippen LogP contribution in [-0.2, 0) is 9.47 Å². The highest BCUT2D eigenvalue weighted by Crippen LogP contribution is 2.21. The predicted octanol–water partition coefficient (Wildman–Crippen LogP) is 0.898. The van der Waals surface area contributed by atoms with E-state index in [0.717, 1.165) is 12.1 Å². The van der Waals surface area contributed by atoms with Crippen LogP contribution in [0.2, 0.25) is 0 Å². The summed E-state index contributed by atoms with van der Waals surface area (Å²) in [6.45, 7) is 6.22. The average molecular weight is 284 g/mol. The Morgan fingerprint density at radius 1 is 1.40 bits per heavy atom. The molecule has 0 spiro atoms. The maximum atomic E-state index is 11.9. The lowest BCUT2D eigenvalue weighted by Crippen LogP contribution is -2.26. The van der Waals surface area contributed by atoms with Gasteiger partial charge in [-0.1, -0.05) is 13.8 Å². The Morgan fingerprint density at radius 2 is 2.15 bits per heavy atom. The number of hydrogen-bond acceptors (Lipinski definition) is 5. The van der Waals surface area contributed by atoms with Crippen LogP contribution in [0.25, 0.3) is 0 Å². The summed E-state index contributed by atoms with van der Waals surface area (Å²) < 4.78 is 10.2. The zero-order valence-electron chi connectivity index (χ0n) is 12.4. The molecular formula is C13H24N4O3. The molecule has 0 radical (unpaired) electrons. The highest BCUT2D eigenvalue weighted by molar-refractivity contribution is 5.97. The number of hydrogen-bond donors (Lipinski definition) is 3. The van der Waals surface area contributed by atoms with Crippen molar-refractivity contribution >= 4 is 11.6 Å². The minimum atomic E-state index is -0.262. The number of anilines is 1. The van der Waals surface area contributed by atoms with Crippen LogP contribution < -0.4 is 11.1 Å². The zero-order valence-corrected chi connectivity index (χ0v) is 12.4. The second-order valence-corrected chi connectivity index (χ2v) is 4.77. The van der Waals surface area contributed by atoms with Crippen molar-refractivity contribution in [2.24, 2.45) is 0 Å². The van der Waals surface area contributed by atoms with Gasteiger partial charge >= 0.3 is 0 Å². The van der Waals surface area contributed by atoms with Gasteiger partial charge in [0.15, 0.2) is 5.69 Å². The average Bonchev–Trinajstić information content (AvgIpc) is 2.79. The number of ether oxygens (including phenoxy) is 2. The molecule has 4 N–H and O–H groups in total. The van der Waals surface area contributed by atoms with Crippen LogP contribution in [0.3, 0.4) is 0 Å². The van der Waals surface area contributed by atoms with Gasteiger partial charge in [-0.3, -0.25) is 9.89 Å². The number of nitrogens with zero attached hydrogens (tertiary/aromatic N) is 1. The summed E-state index contributed by atoms with van der Waals surface area (Å²) in [5, 5.41) is 9.54. The molecule has 0 aliphatic carbocycles. The van der Waals surface area contributed by atoms with E-state index in [0.29, 0.717) is 32.1 Å². The van der Waals surface area contributed by atoms with Gasteiger partial charge in [0.1, 0.15) is 0 Å². The second kappa shape index (κ2) is 8.55. The SMILES string of the molecule is COCCOCCCNC(=O)c1n[nH]c(C(C)C)c1N. The highest BCUT2D eigenvalue weighted by Gasteiger charge is 2.18. The molecule has 0 saturated carbocycles. The topological polar surface area (TPSA) is 102 Å². The summed E-state index contributed by atoms with van der Waals surface area (Å²) in [7, 11) is 1.63. The van der Waals surface area contributed by atoms with Gasteiger partial charge < -0.3 is 20.5 Å². The van der Waals surface area contributed by atoms with Gasteiger partial charge in [0.2, 0.25) is 0 Å². The van der Waals surface area contributed by atoms with Gasteiger partial charge in [-0.2, -0.15) is 5.10 Å². The molecule has 1 rings (SSSR count). The van der Waals surface area contributed by atoms with Crippen molar-refractivity contribution in [3.8, 4) is 0 Å². The number of H-pyrrole nitrogens is 1. The van der Waals surface area contributed by atoms with E-state index < -0.39 is 0 Å². The van der Waals surface area contributed by atoms with Crippen molar-refractivity contribution in [2.45, 2.75) is 26.2 Å². The van der Waals surface area contributed by atoms with Crippen molar-refractivity contribution < 1.29 is 14.3 Å². The molecule has 0 saturated heterocycles. The van der Waals surface area contributed by atoms with Gasteiger partial charge in [0, 0.05) is 20.3 Å². The van der Waals surface area contributed by atoms with Crippen LogP contribution in [0.4, 0.5) is 5.69 Å². The summed E-state index contributed by atoms with van der Waals surface area (Å²) in [5.41, 5.74) is 7.37. The van der Waals surface area contributed by atoms with Crippen LogP contribution in [0.1, 0.15) is 42.4 Å². The van der Waals surface area contributed by atoms with Crippen molar-refractivity contribution in [3.63, 3.8) is 0 Å². The molecule has 7 nitrogen and oxygen atoms in total. The third kappa shape index (κ3) is 4.82. The number of nitrogens with one attached hydrogen (secondary N) is 2. The number of aromatic amines is 1. The fourth-order valence-corrected chi connectivity index (χ4v) is 1.68. The molecule has 1 aromatic heterocycles. The van der Waals surface area contributed by atoms with E-state index in [-0.39, 0.29) is 17.5 Å². The molecule has 0 aliphatic rings. The van der Waals surface area contributed by atoms with E-state index in [1.807, 2.05) is 13.8 Å². The Kier molecular flexibility index (Phi) is 7.03. The Morgan fingerprint density at radius 3 is 2.75 bits per heavy atom. The van der Waals surface area contributed by atoms with E-state index in [1.165, 1.54) is 0 Å². The van der Waals surface area contributed by atoms with Gasteiger partial charge in [-0.25, -0.2) is 0 Å². The first-order valence-electron chi connectivity index (χ1n) is 6.76. The molecule has 7 heteroatoms. The smallest absolute Gasteiger partial charge is 0.273 e. The summed E-state index contributed by atoms with van der Waals surface area (Å²) in [5.74, 6) is -0.0548. The van der Waals surface area contributed by atoms with Crippen LogP contribution in [0.15, 0.2) is 0 Å². The lowest BCUT2D eigenvalue weighted by molar-refractivity contribution is 0.0688. The molecule has 114 valence electrons. The van der Waals surface area contributed by atoms with Crippen LogP contribution in [0.5, 0.6) is 0 Å². The number of aromatic nitrogens is 2. The first kappa shape index (κ1) is 16.5. The van der Waals surface area contributed by atoms with Crippen molar-refractivity contribution in [1.29, 1.82) is 0 Å². The number of rotatable bonds is 9. The number of amides is 1. The van der Waals surface area contributed by atoms with Crippen LogP contribution in [-0.4, -0.2) is 49.6 Å². The molecule has 1 aromatic rings. The van der Waals surface area contributed by atoms with Crippen molar-refractivity contribution in [1.82, 2.24) is 15.5 Å². The number of nitrogen functional groups attached to an aromatic ring is 1. The van der Waals surface area contributed by atoms with E-state index in [9.17, 15) is 4.79 Å². The van der Waals surface area contributed by atoms with Gasteiger partial charge in [0.05, 0.1) is 24.6 Å². The van der Waals surface area contributed by atoms with E-state index >= 15 is 0 Å². The molecule has 0 bridgehead atoms. The highest BCUT2D eigenvalue weighted by atomic mass is 16.5. The summed E-state index contributed by atoms with van der Waals surface area (Å²) in [4.78, 5) is 11.9. The lowest BCUT2D eigenvalue weighted by Gasteiger charge is -2.06. The largest absolute Gasteiger partial charge is 0.395 e. The Balaban J connectivity index is 2.29. The Labute approximate surface area is 119 Å². The first-order chi connectivity index (χ1) is 9.57. The monoisotopic (exact) mass is 284 g/mol. The fourth-order valence-electron chi connectivity index (χ4n) is 1.68. The Hall–Kier alpha value is -1.60. The first-order valence-corrected chi connectivity index (χ1v) is 6.76. The maximum Gasteiger partial charge on any atom is 0.273 e. The molecule has 0 aromatic carbocycles. The number of carbonyl (C=O) groups is 1. The quantitative estimate of drug-likeness (QED) is 0.585. The van der Waals surface area contributed by atoms with Gasteiger partial charge in [0.25, 0.3) is 5.91 Å². The summed E-state index contributed by atoms with van der Waals surface area (Å²) in [6.07, 6.45) is 0.733. The molecule has 1 amide bonds. The van der Waals surface area contributed by atoms with Crippen molar-refractivity contribution in [2.75, 3.05) is 39.2 Å². The summed E-state index contributed by atoms with van der Waals surface area (Å²) >= 11 is 0.